The first-order valence-corrected chi connectivity index (χ1v) is 7.26. The number of ether oxygens (including phenoxy) is 2. The van der Waals surface area contributed by atoms with E-state index < -0.39 is 5.97 Å². The quantitative estimate of drug-likeness (QED) is 0.423. The third kappa shape index (κ3) is 6.57. The maximum Gasteiger partial charge on any atom is 0.339 e. The summed E-state index contributed by atoms with van der Waals surface area (Å²) in [5.74, 6) is -1.20. The number of carbonyl (C=O) groups is 3. The lowest BCUT2D eigenvalue weighted by molar-refractivity contribution is -0.122. The predicted molar refractivity (Wildman–Crippen MR) is 88.8 cm³/mol. The van der Waals surface area contributed by atoms with E-state index in [9.17, 15) is 14.4 Å². The fourth-order valence-electron chi connectivity index (χ4n) is 1.75. The molecule has 0 aliphatic heterocycles. The Hall–Kier alpha value is -2.74. The van der Waals surface area contributed by atoms with Gasteiger partial charge in [0.25, 0.3) is 0 Å². The van der Waals surface area contributed by atoms with Gasteiger partial charge in [-0.1, -0.05) is 12.1 Å². The second kappa shape index (κ2) is 10.1. The van der Waals surface area contributed by atoms with Crippen LogP contribution in [0.25, 0.3) is 0 Å². The molecule has 2 amide bonds. The average Bonchev–Trinajstić information content (AvgIpc) is 2.57. The highest BCUT2D eigenvalue weighted by atomic mass is 16.5. The second-order valence-corrected chi connectivity index (χ2v) is 4.89. The number of esters is 1. The Morgan fingerprint density at radius 2 is 1.83 bits per heavy atom. The van der Waals surface area contributed by atoms with Crippen LogP contribution in [0.1, 0.15) is 30.1 Å². The minimum absolute atomic E-state index is 0.0277. The van der Waals surface area contributed by atoms with Crippen molar-refractivity contribution in [1.82, 2.24) is 5.43 Å². The molecule has 0 radical (unpaired) electrons. The number of benzene rings is 1. The van der Waals surface area contributed by atoms with Gasteiger partial charge < -0.3 is 14.8 Å². The topological polar surface area (TPSA) is 106 Å². The fourth-order valence-corrected chi connectivity index (χ4v) is 1.75. The summed E-state index contributed by atoms with van der Waals surface area (Å²) in [4.78, 5) is 35.1. The van der Waals surface area contributed by atoms with Crippen molar-refractivity contribution < 1.29 is 23.9 Å². The number of carbonyl (C=O) groups excluding carboxylic acids is 3. The van der Waals surface area contributed by atoms with Crippen LogP contribution in [0.3, 0.4) is 0 Å². The maximum absolute atomic E-state index is 12.0. The summed E-state index contributed by atoms with van der Waals surface area (Å²) in [7, 11) is 2.77. The first kappa shape index (κ1) is 19.3. The fraction of sp³-hybridized carbons (Fsp3) is 0.375. The van der Waals surface area contributed by atoms with Crippen LogP contribution in [0.2, 0.25) is 0 Å². The molecule has 0 spiro atoms. The summed E-state index contributed by atoms with van der Waals surface area (Å²) >= 11 is 0. The molecule has 0 unspecified atom stereocenters. The third-order valence-corrected chi connectivity index (χ3v) is 2.93. The molecular formula is C16H21N3O5. The molecule has 0 saturated heterocycles. The van der Waals surface area contributed by atoms with Crippen LogP contribution in [0.5, 0.6) is 0 Å². The van der Waals surface area contributed by atoms with Gasteiger partial charge in [0, 0.05) is 12.8 Å². The van der Waals surface area contributed by atoms with E-state index >= 15 is 0 Å². The van der Waals surface area contributed by atoms with E-state index in [1.807, 2.05) is 0 Å². The minimum Gasteiger partial charge on any atom is -0.465 e. The van der Waals surface area contributed by atoms with Gasteiger partial charge in [-0.05, 0) is 19.1 Å². The number of amides is 2. The van der Waals surface area contributed by atoms with Gasteiger partial charge in [-0.3, -0.25) is 9.59 Å². The van der Waals surface area contributed by atoms with E-state index in [2.05, 4.69) is 20.6 Å². The zero-order chi connectivity index (χ0) is 17.9. The molecule has 1 aromatic rings. The molecular weight excluding hydrogens is 314 g/mol. The predicted octanol–water partition coefficient (Wildman–Crippen LogP) is 1.33. The van der Waals surface area contributed by atoms with E-state index in [0.717, 1.165) is 0 Å². The van der Waals surface area contributed by atoms with Gasteiger partial charge in [0.1, 0.15) is 0 Å². The number of hydrazone groups is 1. The maximum atomic E-state index is 12.0. The largest absolute Gasteiger partial charge is 0.465 e. The molecule has 0 aliphatic carbocycles. The summed E-state index contributed by atoms with van der Waals surface area (Å²) in [5.41, 5.74) is 3.38. The van der Waals surface area contributed by atoms with E-state index in [1.165, 1.54) is 14.2 Å². The van der Waals surface area contributed by atoms with Crippen molar-refractivity contribution in [3.05, 3.63) is 29.8 Å². The highest BCUT2D eigenvalue weighted by Gasteiger charge is 2.13. The van der Waals surface area contributed by atoms with Gasteiger partial charge in [-0.15, -0.1) is 0 Å². The Kier molecular flexibility index (Phi) is 8.14. The first-order chi connectivity index (χ1) is 11.5. The lowest BCUT2D eigenvalue weighted by Gasteiger charge is -2.09. The normalized spacial score (nSPS) is 10.9. The van der Waals surface area contributed by atoms with E-state index in [1.54, 1.807) is 31.2 Å². The molecule has 1 rings (SSSR count). The number of nitrogens with zero attached hydrogens (tertiary/aromatic N) is 1. The Bertz CT molecular complexity index is 628. The van der Waals surface area contributed by atoms with E-state index in [0.29, 0.717) is 18.0 Å². The van der Waals surface area contributed by atoms with E-state index in [4.69, 9.17) is 4.74 Å². The molecule has 0 fully saturated rings. The SMILES string of the molecule is COCCC(=O)N/N=C(\C)CC(=O)Nc1ccccc1C(=O)OC. The molecule has 2 N–H and O–H groups in total. The van der Waals surface area contributed by atoms with Gasteiger partial charge in [0.2, 0.25) is 11.8 Å². The summed E-state index contributed by atoms with van der Waals surface area (Å²) in [6.07, 6.45) is 0.159. The van der Waals surface area contributed by atoms with Gasteiger partial charge in [0.15, 0.2) is 0 Å². The zero-order valence-electron chi connectivity index (χ0n) is 13.9. The lowest BCUT2D eigenvalue weighted by Crippen LogP contribution is -2.22. The molecule has 130 valence electrons. The molecule has 1 aromatic carbocycles. The van der Waals surface area contributed by atoms with Crippen molar-refractivity contribution in [3.63, 3.8) is 0 Å². The smallest absolute Gasteiger partial charge is 0.339 e. The monoisotopic (exact) mass is 335 g/mol. The Morgan fingerprint density at radius 3 is 2.50 bits per heavy atom. The van der Waals surface area contributed by atoms with Crippen LogP contribution in [-0.2, 0) is 19.1 Å². The van der Waals surface area contributed by atoms with Gasteiger partial charge in [-0.2, -0.15) is 5.10 Å². The molecule has 0 atom stereocenters. The van der Waals surface area contributed by atoms with Gasteiger partial charge in [0.05, 0.1) is 37.8 Å². The number of para-hydroxylation sites is 1. The number of methoxy groups -OCH3 is 2. The standard InChI is InChI=1S/C16H21N3O5/c1-11(18-19-14(20)8-9-23-2)10-15(21)17-13-7-5-4-6-12(13)16(22)24-3/h4-7H,8-10H2,1-3H3,(H,17,21)(H,19,20)/b18-11+. The molecule has 8 nitrogen and oxygen atoms in total. The van der Waals surface area contributed by atoms with Crippen molar-refractivity contribution in [3.8, 4) is 0 Å². The van der Waals surface area contributed by atoms with Crippen LogP contribution in [-0.4, -0.2) is 44.3 Å². The van der Waals surface area contributed by atoms with Gasteiger partial charge >= 0.3 is 5.97 Å². The van der Waals surface area contributed by atoms with Crippen molar-refractivity contribution in [2.75, 3.05) is 26.1 Å². The summed E-state index contributed by atoms with van der Waals surface area (Å²) in [5, 5.41) is 6.47. The zero-order valence-corrected chi connectivity index (χ0v) is 13.9. The number of hydrogen-bond acceptors (Lipinski definition) is 6. The first-order valence-electron chi connectivity index (χ1n) is 7.26. The third-order valence-electron chi connectivity index (χ3n) is 2.93. The number of hydrogen-bond donors (Lipinski definition) is 2. The Labute approximate surface area is 140 Å². The van der Waals surface area contributed by atoms with E-state index in [-0.39, 0.29) is 30.2 Å². The Balaban J connectivity index is 2.60. The molecule has 0 aliphatic rings. The van der Waals surface area contributed by atoms with Gasteiger partial charge in [-0.25, -0.2) is 10.2 Å². The molecule has 8 heteroatoms. The highest BCUT2D eigenvalue weighted by Crippen LogP contribution is 2.16. The number of anilines is 1. The van der Waals surface area contributed by atoms with Crippen molar-refractivity contribution >= 4 is 29.2 Å². The van der Waals surface area contributed by atoms with Crippen LogP contribution in [0, 0.1) is 0 Å². The molecule has 0 saturated carbocycles. The summed E-state index contributed by atoms with van der Waals surface area (Å²) in [6, 6.07) is 6.52. The number of nitrogens with one attached hydrogen (secondary N) is 2. The van der Waals surface area contributed by atoms with Crippen LogP contribution < -0.4 is 10.7 Å². The average molecular weight is 335 g/mol. The number of rotatable bonds is 8. The second-order valence-electron chi connectivity index (χ2n) is 4.89. The summed E-state index contributed by atoms with van der Waals surface area (Å²) < 4.78 is 9.44. The van der Waals surface area contributed by atoms with Crippen molar-refractivity contribution in [2.24, 2.45) is 5.10 Å². The van der Waals surface area contributed by atoms with Crippen molar-refractivity contribution in [1.29, 1.82) is 0 Å². The molecule has 0 heterocycles. The van der Waals surface area contributed by atoms with Crippen LogP contribution >= 0.6 is 0 Å². The molecule has 24 heavy (non-hydrogen) atoms. The van der Waals surface area contributed by atoms with Crippen molar-refractivity contribution in [2.45, 2.75) is 19.8 Å². The Morgan fingerprint density at radius 1 is 1.12 bits per heavy atom. The molecule has 0 bridgehead atoms. The molecule has 0 aromatic heterocycles. The highest BCUT2D eigenvalue weighted by molar-refractivity contribution is 6.08. The lowest BCUT2D eigenvalue weighted by atomic mass is 10.1. The van der Waals surface area contributed by atoms with Crippen LogP contribution in [0.4, 0.5) is 5.69 Å². The van der Waals surface area contributed by atoms with Crippen LogP contribution in [0.15, 0.2) is 29.4 Å². The minimum atomic E-state index is -0.540. The summed E-state index contributed by atoms with van der Waals surface area (Å²) in [6.45, 7) is 1.91.